The molecule has 3 nitrogen and oxygen atoms in total. The molecule has 0 saturated heterocycles. The highest BCUT2D eigenvalue weighted by molar-refractivity contribution is 6.68. The quantitative estimate of drug-likeness (QED) is 0.513. The Bertz CT molecular complexity index is 222. The predicted molar refractivity (Wildman–Crippen MR) is 36.0 cm³/mol. The summed E-state index contributed by atoms with van der Waals surface area (Å²) in [5.41, 5.74) is 0. The van der Waals surface area contributed by atoms with Crippen LogP contribution in [0.3, 0.4) is 0 Å². The molecule has 1 unspecified atom stereocenters. The maximum Gasteiger partial charge on any atom is 0.249 e. The molecule has 0 aromatic carbocycles. The van der Waals surface area contributed by atoms with Gasteiger partial charge in [0, 0.05) is 0 Å². The van der Waals surface area contributed by atoms with Gasteiger partial charge < -0.3 is 4.42 Å². The Hall–Kier alpha value is -0.540. The van der Waals surface area contributed by atoms with E-state index in [9.17, 15) is 4.79 Å². The van der Waals surface area contributed by atoms with Gasteiger partial charge in [0.1, 0.15) is 6.26 Å². The fourth-order valence-electron chi connectivity index (χ4n) is 0.457. The molecule has 0 spiro atoms. The van der Waals surface area contributed by atoms with Crippen molar-refractivity contribution >= 4 is 28.4 Å². The number of rotatable bonds is 2. The molecular weight excluding hydrogens is 177 g/mol. The topological polar surface area (TPSA) is 43.1 Å². The van der Waals surface area contributed by atoms with Crippen molar-refractivity contribution in [3.05, 3.63) is 18.4 Å². The van der Waals surface area contributed by atoms with Crippen molar-refractivity contribution in [2.45, 2.75) is 5.38 Å². The first-order valence-corrected chi connectivity index (χ1v) is 3.26. The van der Waals surface area contributed by atoms with E-state index in [-0.39, 0.29) is 5.89 Å². The van der Waals surface area contributed by atoms with Gasteiger partial charge in [-0.2, -0.15) is 0 Å². The van der Waals surface area contributed by atoms with E-state index in [1.165, 1.54) is 12.5 Å². The average molecular weight is 180 g/mol. The molecule has 1 atom stereocenters. The fraction of sp³-hybridized carbons (Fsp3) is 0.200. The summed E-state index contributed by atoms with van der Waals surface area (Å²) in [6, 6.07) is 0. The third kappa shape index (κ3) is 1.49. The van der Waals surface area contributed by atoms with Crippen LogP contribution in [-0.2, 0) is 4.79 Å². The molecule has 54 valence electrons. The summed E-state index contributed by atoms with van der Waals surface area (Å²) in [7, 11) is 0. The smallest absolute Gasteiger partial charge is 0.249 e. The number of oxazole rings is 1. The third-order valence-electron chi connectivity index (χ3n) is 0.867. The highest BCUT2D eigenvalue weighted by Gasteiger charge is 2.18. The number of carbonyl (C=O) groups is 1. The second-order valence-corrected chi connectivity index (χ2v) is 2.35. The fourth-order valence-corrected chi connectivity index (χ4v) is 0.658. The van der Waals surface area contributed by atoms with Crippen molar-refractivity contribution in [1.82, 2.24) is 4.98 Å². The van der Waals surface area contributed by atoms with Gasteiger partial charge in [-0.25, -0.2) is 4.98 Å². The van der Waals surface area contributed by atoms with Crippen LogP contribution in [0.1, 0.15) is 11.3 Å². The lowest BCUT2D eigenvalue weighted by Crippen LogP contribution is -1.98. The van der Waals surface area contributed by atoms with Crippen LogP contribution in [-0.4, -0.2) is 10.2 Å². The summed E-state index contributed by atoms with van der Waals surface area (Å²) in [6.07, 6.45) is 2.72. The number of carbonyl (C=O) groups excluding carboxylic acids is 1. The lowest BCUT2D eigenvalue weighted by atomic mass is 10.5. The first-order valence-electron chi connectivity index (χ1n) is 2.44. The Morgan fingerprint density at radius 2 is 2.50 bits per heavy atom. The van der Waals surface area contributed by atoms with Crippen molar-refractivity contribution in [3.63, 3.8) is 0 Å². The summed E-state index contributed by atoms with van der Waals surface area (Å²) < 4.78 is 4.71. The molecule has 0 N–H and O–H groups in total. The molecule has 1 rings (SSSR count). The van der Waals surface area contributed by atoms with Crippen LogP contribution in [0.5, 0.6) is 0 Å². The van der Waals surface area contributed by atoms with Crippen LogP contribution in [0.25, 0.3) is 0 Å². The van der Waals surface area contributed by atoms with Gasteiger partial charge >= 0.3 is 0 Å². The monoisotopic (exact) mass is 179 g/mol. The number of aromatic nitrogens is 1. The molecule has 5 heteroatoms. The summed E-state index contributed by atoms with van der Waals surface area (Å²) >= 11 is 10.5. The molecule has 0 bridgehead atoms. The summed E-state index contributed by atoms with van der Waals surface area (Å²) in [5, 5.41) is -1.67. The normalized spacial score (nSPS) is 13.0. The Balaban J connectivity index is 2.77. The van der Waals surface area contributed by atoms with Gasteiger partial charge in [-0.3, -0.25) is 4.79 Å². The van der Waals surface area contributed by atoms with Crippen molar-refractivity contribution in [3.8, 4) is 0 Å². The minimum atomic E-state index is -0.975. The number of hydrogen-bond acceptors (Lipinski definition) is 3. The molecule has 0 aliphatic heterocycles. The van der Waals surface area contributed by atoms with Gasteiger partial charge in [-0.1, -0.05) is 0 Å². The average Bonchev–Trinajstić information content (AvgIpc) is 2.36. The summed E-state index contributed by atoms with van der Waals surface area (Å²) in [6.45, 7) is 0. The Kier molecular flexibility index (Phi) is 2.29. The SMILES string of the molecule is O=C(Cl)C(Cl)c1ncco1. The second kappa shape index (κ2) is 3.03. The van der Waals surface area contributed by atoms with Crippen LogP contribution >= 0.6 is 23.2 Å². The van der Waals surface area contributed by atoms with E-state index in [4.69, 9.17) is 27.6 Å². The second-order valence-electron chi connectivity index (χ2n) is 1.54. The van der Waals surface area contributed by atoms with E-state index >= 15 is 0 Å². The van der Waals surface area contributed by atoms with E-state index in [2.05, 4.69) is 4.98 Å². The van der Waals surface area contributed by atoms with Crippen LogP contribution in [0.15, 0.2) is 16.9 Å². The maximum atomic E-state index is 10.4. The standard InChI is InChI=1S/C5H3Cl2NO2/c6-3(4(7)9)5-8-1-2-10-5/h1-3H. The van der Waals surface area contributed by atoms with Crippen molar-refractivity contribution in [2.75, 3.05) is 0 Å². The first kappa shape index (κ1) is 7.57. The van der Waals surface area contributed by atoms with Crippen molar-refractivity contribution in [2.24, 2.45) is 0 Å². The molecule has 0 amide bonds. The van der Waals surface area contributed by atoms with Crippen molar-refractivity contribution < 1.29 is 9.21 Å². The highest BCUT2D eigenvalue weighted by atomic mass is 35.5. The van der Waals surface area contributed by atoms with Crippen LogP contribution in [0.2, 0.25) is 0 Å². The number of hydrogen-bond donors (Lipinski definition) is 0. The molecule has 0 radical (unpaired) electrons. The van der Waals surface area contributed by atoms with Crippen LogP contribution in [0, 0.1) is 0 Å². The summed E-state index contributed by atoms with van der Waals surface area (Å²) in [4.78, 5) is 14.0. The zero-order valence-corrected chi connectivity index (χ0v) is 6.26. The summed E-state index contributed by atoms with van der Waals surface area (Å²) in [5.74, 6) is 0.127. The van der Waals surface area contributed by atoms with E-state index in [1.807, 2.05) is 0 Å². The van der Waals surface area contributed by atoms with Gasteiger partial charge in [0.15, 0.2) is 5.38 Å². The predicted octanol–water partition coefficient (Wildman–Crippen LogP) is 1.72. The zero-order valence-electron chi connectivity index (χ0n) is 4.75. The van der Waals surface area contributed by atoms with E-state index in [1.54, 1.807) is 0 Å². The number of alkyl halides is 1. The molecular formula is C5H3Cl2NO2. The van der Waals surface area contributed by atoms with E-state index in [0.717, 1.165) is 0 Å². The van der Waals surface area contributed by atoms with Gasteiger partial charge in [0.05, 0.1) is 6.20 Å². The molecule has 0 saturated carbocycles. The molecule has 1 aromatic heterocycles. The molecule has 1 heterocycles. The largest absolute Gasteiger partial charge is 0.447 e. The Morgan fingerprint density at radius 1 is 1.80 bits per heavy atom. The van der Waals surface area contributed by atoms with Gasteiger partial charge in [0.2, 0.25) is 11.1 Å². The molecule has 0 aliphatic rings. The maximum absolute atomic E-state index is 10.4. The van der Waals surface area contributed by atoms with Gasteiger partial charge in [0.25, 0.3) is 0 Å². The van der Waals surface area contributed by atoms with Crippen molar-refractivity contribution in [1.29, 1.82) is 0 Å². The van der Waals surface area contributed by atoms with Gasteiger partial charge in [-0.15, -0.1) is 11.6 Å². The molecule has 0 aliphatic carbocycles. The molecule has 0 fully saturated rings. The first-order chi connectivity index (χ1) is 4.72. The van der Waals surface area contributed by atoms with Crippen LogP contribution in [0.4, 0.5) is 0 Å². The minimum Gasteiger partial charge on any atom is -0.447 e. The number of nitrogens with zero attached hydrogens (tertiary/aromatic N) is 1. The minimum absolute atomic E-state index is 0.127. The third-order valence-corrected chi connectivity index (χ3v) is 1.58. The number of halogens is 2. The van der Waals surface area contributed by atoms with Gasteiger partial charge in [-0.05, 0) is 11.6 Å². The lowest BCUT2D eigenvalue weighted by molar-refractivity contribution is -0.111. The lowest BCUT2D eigenvalue weighted by Gasteiger charge is -1.94. The molecule has 1 aromatic rings. The van der Waals surface area contributed by atoms with E-state index < -0.39 is 10.6 Å². The highest BCUT2D eigenvalue weighted by Crippen LogP contribution is 2.20. The zero-order chi connectivity index (χ0) is 7.56. The molecule has 10 heavy (non-hydrogen) atoms. The Labute approximate surface area is 66.9 Å². The van der Waals surface area contributed by atoms with Crippen LogP contribution < -0.4 is 0 Å². The Morgan fingerprint density at radius 3 is 2.90 bits per heavy atom. The van der Waals surface area contributed by atoms with E-state index in [0.29, 0.717) is 0 Å².